The van der Waals surface area contributed by atoms with Gasteiger partial charge in [-0.15, -0.1) is 0 Å². The Bertz CT molecular complexity index is 6480. The van der Waals surface area contributed by atoms with Crippen molar-refractivity contribution in [3.8, 4) is 56.3 Å². The molecule has 32 nitrogen and oxygen atoms in total. The van der Waals surface area contributed by atoms with E-state index in [9.17, 15) is 49.2 Å². The summed E-state index contributed by atoms with van der Waals surface area (Å²) in [4.78, 5) is 92.5. The number of methoxy groups -OCH3 is 3. The van der Waals surface area contributed by atoms with E-state index in [0.717, 1.165) is 61.3 Å². The van der Waals surface area contributed by atoms with Crippen molar-refractivity contribution >= 4 is 64.1 Å². The van der Waals surface area contributed by atoms with E-state index >= 15 is 0 Å². The van der Waals surface area contributed by atoms with Gasteiger partial charge in [-0.1, -0.05) is 164 Å². The number of nitrogens with zero attached hydrogens (tertiary/aromatic N) is 15. The number of aromatic nitrogens is 15. The molecule has 0 saturated carbocycles. The average molecular weight is 1780 g/mol. The number of rotatable bonds is 16. The Kier molecular flexibility index (Phi) is 36.6. The summed E-state index contributed by atoms with van der Waals surface area (Å²) in [6.07, 6.45) is 3.12. The van der Waals surface area contributed by atoms with Crippen LogP contribution in [-0.2, 0) is 52.4 Å². The number of carboxylic acid groups (broad SMARTS) is 2. The summed E-state index contributed by atoms with van der Waals surface area (Å²) in [5.74, 6) is -4.19. The first-order chi connectivity index (χ1) is 59.9. The summed E-state index contributed by atoms with van der Waals surface area (Å²) >= 11 is 0. The van der Waals surface area contributed by atoms with E-state index in [1.54, 1.807) is 92.5 Å². The van der Waals surface area contributed by atoms with Crippen molar-refractivity contribution < 1.29 is 102 Å². The Labute approximate surface area is 773 Å². The summed E-state index contributed by atoms with van der Waals surface area (Å²) in [5.41, 5.74) is 20.4. The van der Waals surface area contributed by atoms with Crippen LogP contribution in [0.1, 0.15) is 197 Å². The van der Waals surface area contributed by atoms with Gasteiger partial charge in [-0.2, -0.15) is 25.5 Å². The molecule has 0 saturated heterocycles. The van der Waals surface area contributed by atoms with Crippen molar-refractivity contribution in [1.29, 1.82) is 0 Å². The van der Waals surface area contributed by atoms with Crippen LogP contribution in [-0.4, -0.2) is 173 Å². The molecule has 15 aromatic rings. The molecule has 5 aromatic carbocycles. The normalized spacial score (nSPS) is 11.9. The number of ether oxygens (including phenoxy) is 6. The van der Waals surface area contributed by atoms with Gasteiger partial charge in [0.25, 0.3) is 0 Å². The molecule has 15 rings (SSSR count). The maximum atomic E-state index is 12.6. The van der Waals surface area contributed by atoms with Crippen LogP contribution < -0.4 is 18.9 Å². The first-order valence-electron chi connectivity index (χ1n) is 40.6. The zero-order valence-corrected chi connectivity index (χ0v) is 77.0. The van der Waals surface area contributed by atoms with Gasteiger partial charge in [-0.25, -0.2) is 71.5 Å². The van der Waals surface area contributed by atoms with Gasteiger partial charge in [0.2, 0.25) is 0 Å². The molecule has 0 aliphatic rings. The molecule has 5 N–H and O–H groups in total. The standard InChI is InChI=1S/C21H25N3O3.C20H23N3O3.C17H17N3O3.C16H15N3O3.C16H15N3O2.C6H12O2.2CH4.Li.H2O/c1-13-7-9-15(10-8-13)18-17(14(2)23-16-11-12-22-24(16)18)19(20(25)26-6)27-21(3,4)5;1-12-6-8-14(9-7-12)17-16(18(19(24)25)26-20(3,4)5)13(2)22-15-10-11-21-23(15)17;1-10-4-6-12(7-5-10)15-14(16(21)17(22)23-3)11(2)19-13-8-9-18-20(13)15;1-9-3-5-11(6-4-9)14-13(15(20)16(21)22)10(2)18-12-7-8-17-19(12)14;1-10-4-6-12(7-5-10)15-14(16(20)21-3)11(2)18-13-8-9-17-19(13)15;1-5(7)8-6(2,3)4;;;;/h7-12,19H,1-6H3;6-11,18H,1-5H3,(H,24,25);4-9,16,21H,1-3H3;3-8,15,20H,1-2H3,(H,21,22);4-9H,1-3H3;1-4H3;2*1H4;;1H2/q;;;;;;;;+1;/p-1. The fourth-order valence-corrected chi connectivity index (χ4v) is 14.0. The Hall–Kier alpha value is -13.6. The van der Waals surface area contributed by atoms with Gasteiger partial charge in [-0.3, -0.25) is 4.79 Å². The summed E-state index contributed by atoms with van der Waals surface area (Å²) in [7, 11) is 3.97. The SMILES string of the molecule is C.C.CC(=O)OC(C)(C)C.COC(=O)C(O)c1c(C)nc2ccnn2c1-c1ccc(C)cc1.COC(=O)C(OC(C)(C)C)c1c(C)nc2ccnn2c1-c1ccc(C)cc1.COC(=O)c1c(C)nc2ccnn2c1-c1ccc(C)cc1.Cc1ccc(-c2c(C(O)C(=O)O)c(C)nc3ccnn23)cc1.Cc1ccc(-c2c(C(OC(C)(C)C)C(=O)O)c(C)nc3ccnn23)cc1.[Li+].[OH-]. The van der Waals surface area contributed by atoms with E-state index in [1.165, 1.54) is 28.3 Å². The van der Waals surface area contributed by atoms with Gasteiger partial charge in [0.05, 0.1) is 97.7 Å². The third kappa shape index (κ3) is 25.7. The number of aryl methyl sites for hydroxylation is 10. The molecule has 0 aliphatic heterocycles. The molecule has 0 spiro atoms. The zero-order valence-electron chi connectivity index (χ0n) is 77.0. The van der Waals surface area contributed by atoms with Gasteiger partial charge >= 0.3 is 54.7 Å². The van der Waals surface area contributed by atoms with Gasteiger partial charge in [-0.05, 0) is 132 Å². The van der Waals surface area contributed by atoms with E-state index < -0.39 is 65.5 Å². The fraction of sp³-hybridized carbons (Fsp3) is 0.327. The van der Waals surface area contributed by atoms with Crippen LogP contribution in [0.4, 0.5) is 0 Å². The molecule has 4 atom stereocenters. The number of fused-ring (bicyclic) bond motifs is 5. The molecule has 0 aliphatic carbocycles. The molecule has 10 heterocycles. The van der Waals surface area contributed by atoms with Gasteiger partial charge in [0, 0.05) is 110 Å². The average Bonchev–Trinajstić information content (AvgIpc) is 1.74. The number of carbonyl (C=O) groups is 6. The van der Waals surface area contributed by atoms with E-state index in [-0.39, 0.29) is 56.3 Å². The van der Waals surface area contributed by atoms with Crippen molar-refractivity contribution in [3.05, 3.63) is 267 Å². The molecule has 10 aromatic heterocycles. The van der Waals surface area contributed by atoms with Crippen LogP contribution >= 0.6 is 0 Å². The third-order valence-corrected chi connectivity index (χ3v) is 19.5. The quantitative estimate of drug-likeness (QED) is 0.0396. The number of aliphatic hydroxyl groups excluding tert-OH is 2. The summed E-state index contributed by atoms with van der Waals surface area (Å²) in [5, 5.41) is 61.1. The third-order valence-electron chi connectivity index (χ3n) is 19.5. The number of esters is 4. The van der Waals surface area contributed by atoms with Crippen LogP contribution in [0.15, 0.2) is 183 Å². The van der Waals surface area contributed by atoms with E-state index in [2.05, 4.69) is 55.2 Å². The topological polar surface area (TPSA) is 420 Å². The van der Waals surface area contributed by atoms with Gasteiger partial charge in [0.15, 0.2) is 52.7 Å². The van der Waals surface area contributed by atoms with Crippen molar-refractivity contribution in [3.63, 3.8) is 0 Å². The second-order valence-electron chi connectivity index (χ2n) is 33.0. The Morgan fingerprint density at radius 1 is 0.328 bits per heavy atom. The van der Waals surface area contributed by atoms with E-state index in [1.807, 2.05) is 244 Å². The van der Waals surface area contributed by atoms with Crippen molar-refractivity contribution in [1.82, 2.24) is 73.0 Å². The number of carbonyl (C=O) groups excluding carboxylic acids is 4. The number of aliphatic carboxylic acids is 2. The van der Waals surface area contributed by atoms with Crippen molar-refractivity contribution in [2.45, 2.75) is 195 Å². The molecule has 0 amide bonds. The largest absolute Gasteiger partial charge is 1.00 e. The number of aliphatic hydroxyl groups is 2. The Morgan fingerprint density at radius 2 is 0.580 bits per heavy atom. The number of benzene rings is 5. The minimum atomic E-state index is -1.66. The molecule has 33 heteroatoms. The number of hydrogen-bond donors (Lipinski definition) is 4. The molecule has 0 bridgehead atoms. The summed E-state index contributed by atoms with van der Waals surface area (Å²) in [6, 6.07) is 48.3. The predicted molar refractivity (Wildman–Crippen MR) is 494 cm³/mol. The Balaban J connectivity index is 0.000000245. The molecular formula is C98H116LiN15O17. The predicted octanol–water partition coefficient (Wildman–Crippen LogP) is 14.6. The summed E-state index contributed by atoms with van der Waals surface area (Å²) in [6.45, 7) is 37.1. The minimum Gasteiger partial charge on any atom is -0.870 e. The smallest absolute Gasteiger partial charge is 0.870 e. The first-order valence-corrected chi connectivity index (χ1v) is 40.6. The molecule has 0 radical (unpaired) electrons. The van der Waals surface area contributed by atoms with E-state index in [4.69, 9.17) is 23.7 Å². The first kappa shape index (κ1) is 106. The molecule has 4 unspecified atom stereocenters. The molecular weight excluding hydrogens is 1670 g/mol. The second-order valence-corrected chi connectivity index (χ2v) is 33.0. The number of carboxylic acids is 2. The second kappa shape index (κ2) is 45.1. The van der Waals surface area contributed by atoms with E-state index in [0.29, 0.717) is 102 Å². The summed E-state index contributed by atoms with van der Waals surface area (Å²) < 4.78 is 39.7. The maximum Gasteiger partial charge on any atom is 1.00 e. The van der Waals surface area contributed by atoms with Crippen LogP contribution in [0.3, 0.4) is 0 Å². The Morgan fingerprint density at radius 3 is 0.832 bits per heavy atom. The van der Waals surface area contributed by atoms with Crippen LogP contribution in [0.25, 0.3) is 84.5 Å². The maximum absolute atomic E-state index is 12.6. The van der Waals surface area contributed by atoms with Crippen molar-refractivity contribution in [2.24, 2.45) is 0 Å². The van der Waals surface area contributed by atoms with Crippen LogP contribution in [0.5, 0.6) is 0 Å². The van der Waals surface area contributed by atoms with Crippen molar-refractivity contribution in [2.75, 3.05) is 21.3 Å². The molecule has 686 valence electrons. The number of hydrogen-bond acceptors (Lipinski definition) is 25. The van der Waals surface area contributed by atoms with Crippen LogP contribution in [0, 0.1) is 69.2 Å². The molecule has 131 heavy (non-hydrogen) atoms. The fourth-order valence-electron chi connectivity index (χ4n) is 14.0. The van der Waals surface area contributed by atoms with Gasteiger partial charge in [0.1, 0.15) is 11.2 Å². The molecule has 0 fully saturated rings. The van der Waals surface area contributed by atoms with Gasteiger partial charge < -0.3 is 54.3 Å². The zero-order chi connectivity index (χ0) is 93.0. The monoisotopic (exact) mass is 1780 g/mol. The van der Waals surface area contributed by atoms with Crippen LogP contribution in [0.2, 0.25) is 0 Å². The minimum absolute atomic E-state index is 0.